The maximum absolute atomic E-state index is 10.1. The Bertz CT molecular complexity index is 726. The molecule has 2 heterocycles. The van der Waals surface area contributed by atoms with Gasteiger partial charge in [-0.1, -0.05) is 23.4 Å². The van der Waals surface area contributed by atoms with Gasteiger partial charge in [-0.25, -0.2) is 9.67 Å². The van der Waals surface area contributed by atoms with Crippen molar-refractivity contribution in [3.8, 4) is 11.3 Å². The zero-order valence-electron chi connectivity index (χ0n) is 11.9. The highest BCUT2D eigenvalue weighted by Crippen LogP contribution is 2.24. The largest absolute Gasteiger partial charge is 0.451 e. The second-order valence-corrected chi connectivity index (χ2v) is 5.42. The van der Waals surface area contributed by atoms with Crippen LogP contribution in [0.3, 0.4) is 0 Å². The molecule has 108 valence electrons. The predicted octanol–water partition coefficient (Wildman–Crippen LogP) is 2.21. The molecule has 0 radical (unpaired) electrons. The lowest BCUT2D eigenvalue weighted by Crippen LogP contribution is -2.15. The van der Waals surface area contributed by atoms with Gasteiger partial charge in [0.15, 0.2) is 6.39 Å². The van der Waals surface area contributed by atoms with E-state index in [0.717, 1.165) is 22.5 Å². The molecule has 3 aromatic rings. The van der Waals surface area contributed by atoms with Crippen LogP contribution in [0, 0.1) is 0 Å². The Morgan fingerprint density at radius 3 is 2.90 bits per heavy atom. The van der Waals surface area contributed by atoms with Crippen LogP contribution in [0.5, 0.6) is 0 Å². The van der Waals surface area contributed by atoms with E-state index < -0.39 is 5.60 Å². The van der Waals surface area contributed by atoms with E-state index in [2.05, 4.69) is 15.3 Å². The second kappa shape index (κ2) is 5.14. The standard InChI is InChI=1S/C15H16N4O2/c1-15(2,20)12-5-3-4-11(6-12)14-8-19(18-17-14)7-13-9-21-10-16-13/h3-6,8-10,20H,7H2,1-2H3. The van der Waals surface area contributed by atoms with E-state index in [1.54, 1.807) is 24.8 Å². The van der Waals surface area contributed by atoms with Gasteiger partial charge in [0.1, 0.15) is 17.7 Å². The van der Waals surface area contributed by atoms with Crippen molar-refractivity contribution < 1.29 is 9.52 Å². The predicted molar refractivity (Wildman–Crippen MR) is 76.3 cm³/mol. The average molecular weight is 284 g/mol. The van der Waals surface area contributed by atoms with Crippen LogP contribution in [0.2, 0.25) is 0 Å². The molecule has 1 aromatic carbocycles. The highest BCUT2D eigenvalue weighted by Gasteiger charge is 2.16. The van der Waals surface area contributed by atoms with Crippen LogP contribution in [0.25, 0.3) is 11.3 Å². The van der Waals surface area contributed by atoms with Crippen LogP contribution in [0.4, 0.5) is 0 Å². The molecule has 6 nitrogen and oxygen atoms in total. The Morgan fingerprint density at radius 2 is 2.19 bits per heavy atom. The molecule has 0 aliphatic heterocycles. The molecule has 1 N–H and O–H groups in total. The second-order valence-electron chi connectivity index (χ2n) is 5.42. The molecule has 0 aliphatic carbocycles. The van der Waals surface area contributed by atoms with Gasteiger partial charge >= 0.3 is 0 Å². The summed E-state index contributed by atoms with van der Waals surface area (Å²) < 4.78 is 6.63. The molecule has 0 atom stereocenters. The fourth-order valence-corrected chi connectivity index (χ4v) is 2.05. The molecule has 2 aromatic heterocycles. The highest BCUT2D eigenvalue weighted by molar-refractivity contribution is 5.59. The quantitative estimate of drug-likeness (QED) is 0.794. The van der Waals surface area contributed by atoms with Crippen molar-refractivity contribution >= 4 is 0 Å². The molecule has 3 rings (SSSR count). The lowest BCUT2D eigenvalue weighted by Gasteiger charge is -2.18. The zero-order valence-corrected chi connectivity index (χ0v) is 11.9. The first kappa shape index (κ1) is 13.5. The minimum atomic E-state index is -0.882. The van der Waals surface area contributed by atoms with Gasteiger partial charge in [0.25, 0.3) is 0 Å². The van der Waals surface area contributed by atoms with Gasteiger partial charge in [-0.15, -0.1) is 5.10 Å². The minimum absolute atomic E-state index is 0.509. The van der Waals surface area contributed by atoms with Gasteiger partial charge < -0.3 is 9.52 Å². The molecular formula is C15H16N4O2. The maximum atomic E-state index is 10.1. The number of oxazole rings is 1. The first-order valence-electron chi connectivity index (χ1n) is 6.63. The van der Waals surface area contributed by atoms with Gasteiger partial charge in [-0.2, -0.15) is 0 Å². The summed E-state index contributed by atoms with van der Waals surface area (Å²) in [6, 6.07) is 7.66. The Morgan fingerprint density at radius 1 is 1.33 bits per heavy atom. The number of aromatic nitrogens is 4. The molecule has 0 amide bonds. The number of nitrogens with zero attached hydrogens (tertiary/aromatic N) is 4. The van der Waals surface area contributed by atoms with Crippen molar-refractivity contribution in [2.75, 3.05) is 0 Å². The summed E-state index contributed by atoms with van der Waals surface area (Å²) in [5.74, 6) is 0. The van der Waals surface area contributed by atoms with E-state index in [4.69, 9.17) is 4.42 Å². The fraction of sp³-hybridized carbons (Fsp3) is 0.267. The van der Waals surface area contributed by atoms with Gasteiger partial charge in [-0.3, -0.25) is 0 Å². The SMILES string of the molecule is CC(C)(O)c1cccc(-c2cn(Cc3cocn3)nn2)c1. The van der Waals surface area contributed by atoms with Crippen LogP contribution in [0.15, 0.2) is 47.5 Å². The Labute approximate surface area is 122 Å². The zero-order chi connectivity index (χ0) is 14.9. The molecule has 0 spiro atoms. The Kier molecular flexibility index (Phi) is 3.31. The van der Waals surface area contributed by atoms with Gasteiger partial charge in [0.05, 0.1) is 18.3 Å². The number of benzene rings is 1. The van der Waals surface area contributed by atoms with Crippen LogP contribution in [-0.2, 0) is 12.1 Å². The summed E-state index contributed by atoms with van der Waals surface area (Å²) in [5, 5.41) is 18.3. The molecule has 0 unspecified atom stereocenters. The molecular weight excluding hydrogens is 268 g/mol. The Balaban J connectivity index is 1.86. The van der Waals surface area contributed by atoms with Gasteiger partial charge in [0.2, 0.25) is 0 Å². The number of aliphatic hydroxyl groups is 1. The summed E-state index contributed by atoms with van der Waals surface area (Å²) >= 11 is 0. The lowest BCUT2D eigenvalue weighted by molar-refractivity contribution is 0.0786. The molecule has 0 aliphatic rings. The van der Waals surface area contributed by atoms with Crippen molar-refractivity contribution in [1.29, 1.82) is 0 Å². The van der Waals surface area contributed by atoms with Crippen LogP contribution in [-0.4, -0.2) is 25.1 Å². The normalized spacial score (nSPS) is 11.8. The minimum Gasteiger partial charge on any atom is -0.451 e. The number of hydrogen-bond donors (Lipinski definition) is 1. The molecule has 6 heteroatoms. The van der Waals surface area contributed by atoms with Gasteiger partial charge in [-0.05, 0) is 25.5 Å². The molecule has 0 fully saturated rings. The number of hydrogen-bond acceptors (Lipinski definition) is 5. The van der Waals surface area contributed by atoms with Crippen LogP contribution in [0.1, 0.15) is 25.1 Å². The summed E-state index contributed by atoms with van der Waals surface area (Å²) in [6.45, 7) is 4.02. The van der Waals surface area contributed by atoms with Crippen molar-refractivity contribution in [2.24, 2.45) is 0 Å². The summed E-state index contributed by atoms with van der Waals surface area (Å²) in [6.07, 6.45) is 4.81. The molecule has 0 saturated heterocycles. The summed E-state index contributed by atoms with van der Waals surface area (Å²) in [5.41, 5.74) is 2.42. The first-order valence-corrected chi connectivity index (χ1v) is 6.63. The monoisotopic (exact) mass is 284 g/mol. The van der Waals surface area contributed by atoms with Crippen LogP contribution >= 0.6 is 0 Å². The van der Waals surface area contributed by atoms with E-state index >= 15 is 0 Å². The van der Waals surface area contributed by atoms with Crippen molar-refractivity contribution in [3.63, 3.8) is 0 Å². The lowest BCUT2D eigenvalue weighted by atomic mass is 9.96. The summed E-state index contributed by atoms with van der Waals surface area (Å²) in [4.78, 5) is 4.05. The van der Waals surface area contributed by atoms with Gasteiger partial charge in [0, 0.05) is 5.56 Å². The maximum Gasteiger partial charge on any atom is 0.180 e. The smallest absolute Gasteiger partial charge is 0.180 e. The third-order valence-electron chi connectivity index (χ3n) is 3.21. The third-order valence-corrected chi connectivity index (χ3v) is 3.21. The van der Waals surface area contributed by atoms with E-state index in [0.29, 0.717) is 6.54 Å². The summed E-state index contributed by atoms with van der Waals surface area (Å²) in [7, 11) is 0. The van der Waals surface area contributed by atoms with Crippen molar-refractivity contribution in [3.05, 3.63) is 54.4 Å². The van der Waals surface area contributed by atoms with E-state index in [1.807, 2.05) is 30.5 Å². The van der Waals surface area contributed by atoms with Crippen molar-refractivity contribution in [1.82, 2.24) is 20.0 Å². The molecule has 21 heavy (non-hydrogen) atoms. The third kappa shape index (κ3) is 3.00. The molecule has 0 saturated carbocycles. The average Bonchev–Trinajstić information content (AvgIpc) is 3.10. The Hall–Kier alpha value is -2.47. The van der Waals surface area contributed by atoms with E-state index in [9.17, 15) is 5.11 Å². The highest BCUT2D eigenvalue weighted by atomic mass is 16.3. The van der Waals surface area contributed by atoms with E-state index in [-0.39, 0.29) is 0 Å². The number of rotatable bonds is 4. The van der Waals surface area contributed by atoms with Crippen molar-refractivity contribution in [2.45, 2.75) is 26.0 Å². The first-order chi connectivity index (χ1) is 10.0. The molecule has 0 bridgehead atoms. The van der Waals surface area contributed by atoms with E-state index in [1.165, 1.54) is 6.39 Å². The van der Waals surface area contributed by atoms with Crippen LogP contribution < -0.4 is 0 Å². The topological polar surface area (TPSA) is 77.0 Å². The fourth-order valence-electron chi connectivity index (χ4n) is 2.05.